The number of rotatable bonds is 5. The van der Waals surface area contributed by atoms with E-state index in [1.165, 1.54) is 6.92 Å². The van der Waals surface area contributed by atoms with Crippen molar-refractivity contribution in [3.8, 4) is 0 Å². The van der Waals surface area contributed by atoms with E-state index in [2.05, 4.69) is 4.98 Å². The van der Waals surface area contributed by atoms with Gasteiger partial charge in [0.25, 0.3) is 0 Å². The first kappa shape index (κ1) is 21.4. The van der Waals surface area contributed by atoms with E-state index in [0.717, 1.165) is 11.5 Å². The molecule has 0 saturated carbocycles. The van der Waals surface area contributed by atoms with Crippen molar-refractivity contribution in [2.24, 2.45) is 0 Å². The molecule has 3 nitrogen and oxygen atoms in total. The molecule has 0 unspecified atom stereocenters. The highest BCUT2D eigenvalue weighted by Crippen LogP contribution is 2.57. The molecular weight excluding hydrogens is 405 g/mol. The van der Waals surface area contributed by atoms with Crippen molar-refractivity contribution in [2.75, 3.05) is 5.32 Å². The summed E-state index contributed by atoms with van der Waals surface area (Å²) in [5.41, 5.74) is 0. The standard InChI is InChI=1S/C10H5F11N2OS/c1-3-2-22-5(25-3)23-4(24)6(11,12)7(13,14)8(15,16)9(17,18)10(19,20)21/h2H,1H3,(H,22,23,24). The second-order valence-corrected chi connectivity index (χ2v) is 5.76. The van der Waals surface area contributed by atoms with Crippen LogP contribution in [0.2, 0.25) is 0 Å². The Bertz CT molecular complexity index is 652. The highest BCUT2D eigenvalue weighted by molar-refractivity contribution is 7.15. The van der Waals surface area contributed by atoms with Gasteiger partial charge in [0, 0.05) is 11.1 Å². The van der Waals surface area contributed by atoms with E-state index in [1.54, 1.807) is 0 Å². The van der Waals surface area contributed by atoms with E-state index in [1.807, 2.05) is 0 Å². The summed E-state index contributed by atoms with van der Waals surface area (Å²) in [5.74, 6) is -32.4. The molecule has 0 spiro atoms. The van der Waals surface area contributed by atoms with Gasteiger partial charge in [-0.3, -0.25) is 10.1 Å². The van der Waals surface area contributed by atoms with Gasteiger partial charge in [0.05, 0.1) is 0 Å². The van der Waals surface area contributed by atoms with Crippen molar-refractivity contribution in [2.45, 2.75) is 36.8 Å². The maximum Gasteiger partial charge on any atom is 0.460 e. The zero-order chi connectivity index (χ0) is 20.1. The van der Waals surface area contributed by atoms with Gasteiger partial charge in [0.15, 0.2) is 5.13 Å². The second-order valence-electron chi connectivity index (χ2n) is 4.53. The molecule has 0 aliphatic carbocycles. The van der Waals surface area contributed by atoms with Gasteiger partial charge in [0.1, 0.15) is 0 Å². The monoisotopic (exact) mass is 410 g/mol. The molecule has 25 heavy (non-hydrogen) atoms. The van der Waals surface area contributed by atoms with Crippen LogP contribution in [0, 0.1) is 6.92 Å². The number of carbonyl (C=O) groups is 1. The minimum Gasteiger partial charge on any atom is -0.296 e. The summed E-state index contributed by atoms with van der Waals surface area (Å²) in [6, 6.07) is 0. The summed E-state index contributed by atoms with van der Waals surface area (Å²) in [6.07, 6.45) is -6.33. The number of hydrogen-bond acceptors (Lipinski definition) is 3. The SMILES string of the molecule is Cc1cnc(NC(=O)C(F)(F)C(F)(F)C(F)(F)C(F)(F)C(F)(F)F)s1. The van der Waals surface area contributed by atoms with Gasteiger partial charge in [-0.1, -0.05) is 0 Å². The van der Waals surface area contributed by atoms with Gasteiger partial charge in [-0.05, 0) is 6.92 Å². The van der Waals surface area contributed by atoms with Crippen molar-refractivity contribution in [3.05, 3.63) is 11.1 Å². The summed E-state index contributed by atoms with van der Waals surface area (Å²) in [7, 11) is 0. The van der Waals surface area contributed by atoms with Crippen molar-refractivity contribution in [1.82, 2.24) is 4.98 Å². The van der Waals surface area contributed by atoms with Crippen molar-refractivity contribution in [3.63, 3.8) is 0 Å². The Morgan fingerprint density at radius 1 is 0.920 bits per heavy atom. The highest BCUT2D eigenvalue weighted by Gasteiger charge is 2.88. The first-order valence-corrected chi connectivity index (χ1v) is 6.53. The fourth-order valence-electron chi connectivity index (χ4n) is 1.30. The molecule has 0 bridgehead atoms. The third-order valence-electron chi connectivity index (χ3n) is 2.67. The Hall–Kier alpha value is -1.67. The number of nitrogens with one attached hydrogen (secondary N) is 1. The Morgan fingerprint density at radius 3 is 1.76 bits per heavy atom. The quantitative estimate of drug-likeness (QED) is 0.727. The molecular formula is C10H5F11N2OS. The van der Waals surface area contributed by atoms with Crippen LogP contribution in [0.15, 0.2) is 6.20 Å². The predicted octanol–water partition coefficient (Wildman–Crippen LogP) is 4.49. The van der Waals surface area contributed by atoms with Gasteiger partial charge in [-0.2, -0.15) is 48.3 Å². The van der Waals surface area contributed by atoms with Crippen LogP contribution < -0.4 is 5.32 Å². The highest BCUT2D eigenvalue weighted by atomic mass is 32.1. The molecule has 1 rings (SSSR count). The summed E-state index contributed by atoms with van der Waals surface area (Å²) in [4.78, 5) is 14.5. The number of nitrogens with zero attached hydrogens (tertiary/aromatic N) is 1. The lowest BCUT2D eigenvalue weighted by Gasteiger charge is -2.36. The zero-order valence-electron chi connectivity index (χ0n) is 11.5. The number of thiazole rings is 1. The van der Waals surface area contributed by atoms with Crippen LogP contribution in [-0.2, 0) is 4.79 Å². The minimum atomic E-state index is -7.63. The van der Waals surface area contributed by atoms with E-state index in [-0.39, 0.29) is 4.88 Å². The molecule has 1 N–H and O–H groups in total. The van der Waals surface area contributed by atoms with Gasteiger partial charge in [0.2, 0.25) is 0 Å². The van der Waals surface area contributed by atoms with Crippen molar-refractivity contribution in [1.29, 1.82) is 0 Å². The fraction of sp³-hybridized carbons (Fsp3) is 0.600. The number of carbonyl (C=O) groups excluding carboxylic acids is 1. The number of anilines is 1. The maximum absolute atomic E-state index is 13.3. The fourth-order valence-corrected chi connectivity index (χ4v) is 1.96. The molecule has 1 amide bonds. The Morgan fingerprint density at radius 2 is 1.40 bits per heavy atom. The molecule has 144 valence electrons. The molecule has 15 heteroatoms. The number of alkyl halides is 11. The van der Waals surface area contributed by atoms with Crippen LogP contribution in [0.4, 0.5) is 53.4 Å². The summed E-state index contributed by atoms with van der Waals surface area (Å²) < 4.78 is 140. The lowest BCUT2D eigenvalue weighted by molar-refractivity contribution is -0.416. The molecule has 0 aliphatic heterocycles. The number of amides is 1. The number of hydrogen-bond donors (Lipinski definition) is 1. The van der Waals surface area contributed by atoms with Crippen LogP contribution in [0.1, 0.15) is 4.88 Å². The number of halogens is 11. The zero-order valence-corrected chi connectivity index (χ0v) is 12.3. The van der Waals surface area contributed by atoms with E-state index in [4.69, 9.17) is 0 Å². The average Bonchev–Trinajstić information content (AvgIpc) is 2.81. The normalized spacial score (nSPS) is 14.6. The first-order valence-electron chi connectivity index (χ1n) is 5.71. The summed E-state index contributed by atoms with van der Waals surface area (Å²) in [6.45, 7) is 1.32. The van der Waals surface area contributed by atoms with Gasteiger partial charge >= 0.3 is 35.8 Å². The van der Waals surface area contributed by atoms with Gasteiger partial charge in [-0.15, -0.1) is 11.3 Å². The molecule has 0 fully saturated rings. The molecule has 1 aromatic rings. The van der Waals surface area contributed by atoms with Crippen molar-refractivity contribution >= 4 is 22.4 Å². The first-order chi connectivity index (χ1) is 10.9. The van der Waals surface area contributed by atoms with Crippen LogP contribution >= 0.6 is 11.3 Å². The topological polar surface area (TPSA) is 42.0 Å². The number of aromatic nitrogens is 1. The van der Waals surface area contributed by atoms with E-state index >= 15 is 0 Å². The molecule has 0 radical (unpaired) electrons. The number of aryl methyl sites for hydroxylation is 1. The summed E-state index contributed by atoms with van der Waals surface area (Å²) in [5, 5.41) is 0.162. The van der Waals surface area contributed by atoms with Crippen LogP contribution in [0.25, 0.3) is 0 Å². The largest absolute Gasteiger partial charge is 0.460 e. The molecule has 0 saturated heterocycles. The smallest absolute Gasteiger partial charge is 0.296 e. The van der Waals surface area contributed by atoms with E-state index < -0.39 is 40.9 Å². The molecule has 1 heterocycles. The van der Waals surface area contributed by atoms with Gasteiger partial charge < -0.3 is 0 Å². The third kappa shape index (κ3) is 3.25. The Balaban J connectivity index is 3.26. The Labute approximate surface area is 134 Å². The van der Waals surface area contributed by atoms with Gasteiger partial charge in [-0.25, -0.2) is 4.98 Å². The Kier molecular flexibility index (Phi) is 5.08. The molecule has 0 aliphatic rings. The molecule has 0 aromatic carbocycles. The minimum absolute atomic E-state index is 0.249. The third-order valence-corrected chi connectivity index (χ3v) is 3.49. The van der Waals surface area contributed by atoms with Crippen molar-refractivity contribution < 1.29 is 53.1 Å². The lowest BCUT2D eigenvalue weighted by Crippen LogP contribution is -2.68. The summed E-state index contributed by atoms with van der Waals surface area (Å²) >= 11 is 0.423. The average molecular weight is 410 g/mol. The van der Waals surface area contributed by atoms with Crippen LogP contribution in [-0.4, -0.2) is 40.8 Å². The molecule has 0 atom stereocenters. The maximum atomic E-state index is 13.3. The second kappa shape index (κ2) is 5.95. The lowest BCUT2D eigenvalue weighted by atomic mass is 9.97. The van der Waals surface area contributed by atoms with E-state index in [0.29, 0.717) is 11.3 Å². The predicted molar refractivity (Wildman–Crippen MR) is 61.3 cm³/mol. The van der Waals surface area contributed by atoms with E-state index in [9.17, 15) is 53.1 Å². The van der Waals surface area contributed by atoms with Crippen LogP contribution in [0.5, 0.6) is 0 Å². The van der Waals surface area contributed by atoms with Crippen LogP contribution in [0.3, 0.4) is 0 Å². The molecule has 1 aromatic heterocycles.